The first kappa shape index (κ1) is 15.7. The standard InChI is InChI=1S/C16H9ClF2N2O/c17-14-8-13(5-6-15(14)19)21-16(22)11(9-20)7-10-1-3-12(18)4-2-10/h1-8H,(H,21,22)/b11-7+. The highest BCUT2D eigenvalue weighted by Gasteiger charge is 2.10. The van der Waals surface area contributed by atoms with Crippen molar-refractivity contribution in [3.8, 4) is 6.07 Å². The number of amides is 1. The predicted molar refractivity (Wildman–Crippen MR) is 80.0 cm³/mol. The molecule has 2 aromatic rings. The van der Waals surface area contributed by atoms with Crippen molar-refractivity contribution in [1.29, 1.82) is 5.26 Å². The second kappa shape index (κ2) is 6.83. The van der Waals surface area contributed by atoms with Gasteiger partial charge >= 0.3 is 0 Å². The van der Waals surface area contributed by atoms with E-state index in [1.165, 1.54) is 42.5 Å². The van der Waals surface area contributed by atoms with Crippen LogP contribution < -0.4 is 5.32 Å². The lowest BCUT2D eigenvalue weighted by molar-refractivity contribution is -0.112. The highest BCUT2D eigenvalue weighted by Crippen LogP contribution is 2.20. The van der Waals surface area contributed by atoms with E-state index in [9.17, 15) is 13.6 Å². The Labute approximate surface area is 130 Å². The molecule has 3 nitrogen and oxygen atoms in total. The van der Waals surface area contributed by atoms with Crippen LogP contribution in [0.25, 0.3) is 6.08 Å². The van der Waals surface area contributed by atoms with Gasteiger partial charge in [-0.25, -0.2) is 8.78 Å². The van der Waals surface area contributed by atoms with Crippen LogP contribution in [0.3, 0.4) is 0 Å². The summed E-state index contributed by atoms with van der Waals surface area (Å²) < 4.78 is 25.9. The van der Waals surface area contributed by atoms with Gasteiger partial charge in [0.15, 0.2) is 0 Å². The summed E-state index contributed by atoms with van der Waals surface area (Å²) in [5.74, 6) is -1.70. The zero-order chi connectivity index (χ0) is 16.1. The highest BCUT2D eigenvalue weighted by molar-refractivity contribution is 6.31. The van der Waals surface area contributed by atoms with Crippen LogP contribution >= 0.6 is 11.6 Å². The van der Waals surface area contributed by atoms with Crippen LogP contribution in [0.15, 0.2) is 48.0 Å². The van der Waals surface area contributed by atoms with Crippen molar-refractivity contribution in [2.75, 3.05) is 5.32 Å². The quantitative estimate of drug-likeness (QED) is 0.682. The Kier molecular flexibility index (Phi) is 4.87. The zero-order valence-electron chi connectivity index (χ0n) is 11.1. The number of hydrogen-bond acceptors (Lipinski definition) is 2. The topological polar surface area (TPSA) is 52.9 Å². The molecule has 110 valence electrons. The molecular formula is C16H9ClF2N2O. The Morgan fingerprint density at radius 1 is 1.18 bits per heavy atom. The predicted octanol–water partition coefficient (Wildman–Crippen LogP) is 4.16. The van der Waals surface area contributed by atoms with Gasteiger partial charge < -0.3 is 5.32 Å². The fraction of sp³-hybridized carbons (Fsp3) is 0. The van der Waals surface area contributed by atoms with Gasteiger partial charge in [0.25, 0.3) is 5.91 Å². The molecule has 1 amide bonds. The minimum absolute atomic E-state index is 0.140. The Hall–Kier alpha value is -2.71. The first-order valence-corrected chi connectivity index (χ1v) is 6.51. The van der Waals surface area contributed by atoms with Crippen LogP contribution in [0.5, 0.6) is 0 Å². The Bertz CT molecular complexity index is 780. The number of benzene rings is 2. The van der Waals surface area contributed by atoms with Crippen molar-refractivity contribution in [2.24, 2.45) is 0 Å². The van der Waals surface area contributed by atoms with Crippen LogP contribution in [-0.2, 0) is 4.79 Å². The SMILES string of the molecule is N#C/C(=C\c1ccc(F)cc1)C(=O)Nc1ccc(F)c(Cl)c1. The van der Waals surface area contributed by atoms with Crippen molar-refractivity contribution in [2.45, 2.75) is 0 Å². The number of rotatable bonds is 3. The van der Waals surface area contributed by atoms with Crippen LogP contribution in [0.4, 0.5) is 14.5 Å². The third-order valence-corrected chi connectivity index (χ3v) is 3.01. The number of nitriles is 1. The molecule has 0 aliphatic heterocycles. The molecule has 0 saturated heterocycles. The lowest BCUT2D eigenvalue weighted by Gasteiger charge is -2.05. The van der Waals surface area contributed by atoms with Crippen molar-refractivity contribution < 1.29 is 13.6 Å². The van der Waals surface area contributed by atoms with E-state index in [4.69, 9.17) is 16.9 Å². The van der Waals surface area contributed by atoms with Gasteiger partial charge in [-0.2, -0.15) is 5.26 Å². The van der Waals surface area contributed by atoms with E-state index < -0.39 is 17.5 Å². The largest absolute Gasteiger partial charge is 0.321 e. The van der Waals surface area contributed by atoms with E-state index in [-0.39, 0.29) is 16.3 Å². The summed E-state index contributed by atoms with van der Waals surface area (Å²) in [4.78, 5) is 12.0. The van der Waals surface area contributed by atoms with Crippen LogP contribution in [0.2, 0.25) is 5.02 Å². The highest BCUT2D eigenvalue weighted by atomic mass is 35.5. The summed E-state index contributed by atoms with van der Waals surface area (Å²) >= 11 is 5.61. The van der Waals surface area contributed by atoms with E-state index in [1.807, 2.05) is 0 Å². The van der Waals surface area contributed by atoms with Crippen molar-refractivity contribution >= 4 is 29.3 Å². The summed E-state index contributed by atoms with van der Waals surface area (Å²) in [6, 6.07) is 10.7. The summed E-state index contributed by atoms with van der Waals surface area (Å²) in [5.41, 5.74) is 0.592. The van der Waals surface area contributed by atoms with E-state index >= 15 is 0 Å². The second-order valence-electron chi connectivity index (χ2n) is 4.30. The molecule has 0 aliphatic carbocycles. The minimum atomic E-state index is -0.672. The van der Waals surface area contributed by atoms with Crippen LogP contribution in [0.1, 0.15) is 5.56 Å². The molecule has 2 aromatic carbocycles. The van der Waals surface area contributed by atoms with E-state index in [0.29, 0.717) is 5.56 Å². The summed E-state index contributed by atoms with van der Waals surface area (Å²) in [7, 11) is 0. The van der Waals surface area contributed by atoms with E-state index in [1.54, 1.807) is 6.07 Å². The van der Waals surface area contributed by atoms with Gasteiger partial charge in [0.1, 0.15) is 23.3 Å². The van der Waals surface area contributed by atoms with Crippen LogP contribution in [0, 0.1) is 23.0 Å². The summed E-state index contributed by atoms with van der Waals surface area (Å²) in [6.07, 6.45) is 1.32. The van der Waals surface area contributed by atoms with Crippen LogP contribution in [-0.4, -0.2) is 5.91 Å². The fourth-order valence-corrected chi connectivity index (χ4v) is 1.83. The van der Waals surface area contributed by atoms with Gasteiger partial charge in [-0.3, -0.25) is 4.79 Å². The maximum Gasteiger partial charge on any atom is 0.266 e. The molecule has 22 heavy (non-hydrogen) atoms. The van der Waals surface area contributed by atoms with Gasteiger partial charge in [0.05, 0.1) is 5.02 Å². The molecule has 0 aromatic heterocycles. The second-order valence-corrected chi connectivity index (χ2v) is 4.71. The molecular weight excluding hydrogens is 310 g/mol. The normalized spacial score (nSPS) is 10.9. The maximum absolute atomic E-state index is 13.0. The molecule has 0 radical (unpaired) electrons. The molecule has 0 heterocycles. The molecule has 6 heteroatoms. The van der Waals surface area contributed by atoms with Gasteiger partial charge in [-0.05, 0) is 42.0 Å². The van der Waals surface area contributed by atoms with Gasteiger partial charge in [-0.1, -0.05) is 23.7 Å². The molecule has 0 atom stereocenters. The summed E-state index contributed by atoms with van der Waals surface area (Å²) in [6.45, 7) is 0. The number of nitrogens with one attached hydrogen (secondary N) is 1. The van der Waals surface area contributed by atoms with Crippen molar-refractivity contribution in [3.05, 3.63) is 70.3 Å². The number of halogens is 3. The third kappa shape index (κ3) is 3.90. The number of carbonyl (C=O) groups excluding carboxylic acids is 1. The number of carbonyl (C=O) groups is 1. The minimum Gasteiger partial charge on any atom is -0.321 e. The summed E-state index contributed by atoms with van der Waals surface area (Å²) in [5, 5.41) is 11.3. The number of nitrogens with zero attached hydrogens (tertiary/aromatic N) is 1. The molecule has 0 aliphatic rings. The Balaban J connectivity index is 2.20. The lowest BCUT2D eigenvalue weighted by atomic mass is 10.1. The van der Waals surface area contributed by atoms with Gasteiger partial charge in [0.2, 0.25) is 0 Å². The van der Waals surface area contributed by atoms with E-state index in [0.717, 1.165) is 6.07 Å². The molecule has 0 bridgehead atoms. The van der Waals surface area contributed by atoms with E-state index in [2.05, 4.69) is 5.32 Å². The maximum atomic E-state index is 13.0. The van der Waals surface area contributed by atoms with Gasteiger partial charge in [-0.15, -0.1) is 0 Å². The zero-order valence-corrected chi connectivity index (χ0v) is 11.9. The van der Waals surface area contributed by atoms with Crippen molar-refractivity contribution in [1.82, 2.24) is 0 Å². The first-order valence-electron chi connectivity index (χ1n) is 6.13. The lowest BCUT2D eigenvalue weighted by Crippen LogP contribution is -2.13. The Morgan fingerprint density at radius 3 is 2.45 bits per heavy atom. The fourth-order valence-electron chi connectivity index (χ4n) is 1.65. The molecule has 1 N–H and O–H groups in total. The average Bonchev–Trinajstić information content (AvgIpc) is 2.50. The smallest absolute Gasteiger partial charge is 0.266 e. The molecule has 0 spiro atoms. The average molecular weight is 319 g/mol. The molecule has 2 rings (SSSR count). The number of hydrogen-bond donors (Lipinski definition) is 1. The first-order chi connectivity index (χ1) is 10.5. The molecule has 0 unspecified atom stereocenters. The monoisotopic (exact) mass is 318 g/mol. The van der Waals surface area contributed by atoms with Gasteiger partial charge in [0, 0.05) is 5.69 Å². The molecule has 0 saturated carbocycles. The van der Waals surface area contributed by atoms with Crippen molar-refractivity contribution in [3.63, 3.8) is 0 Å². The Morgan fingerprint density at radius 2 is 1.86 bits per heavy atom. The number of anilines is 1. The molecule has 0 fully saturated rings. The third-order valence-electron chi connectivity index (χ3n) is 2.72.